The molecule has 3 atom stereocenters. The zero-order valence-electron chi connectivity index (χ0n) is 12.5. The maximum Gasteiger partial charge on any atom is 0.255 e. The molecule has 1 aliphatic carbocycles. The molecule has 2 aromatic rings. The highest BCUT2D eigenvalue weighted by Gasteiger charge is 2.39. The normalized spacial score (nSPS) is 27.9. The van der Waals surface area contributed by atoms with E-state index in [9.17, 15) is 0 Å². The smallest absolute Gasteiger partial charge is 0.255 e. The molecule has 0 unspecified atom stereocenters. The second-order valence-electron chi connectivity index (χ2n) is 6.55. The third kappa shape index (κ3) is 2.27. The average Bonchev–Trinajstić information content (AvgIpc) is 3.19. The van der Waals surface area contributed by atoms with Gasteiger partial charge in [-0.2, -0.15) is 14.6 Å². The molecule has 6 heteroatoms. The number of nitrogens with one attached hydrogen (secondary N) is 1. The van der Waals surface area contributed by atoms with Crippen molar-refractivity contribution in [3.63, 3.8) is 0 Å². The van der Waals surface area contributed by atoms with Crippen LogP contribution in [0.2, 0.25) is 0 Å². The van der Waals surface area contributed by atoms with E-state index in [4.69, 9.17) is 4.74 Å². The summed E-state index contributed by atoms with van der Waals surface area (Å²) < 4.78 is 7.79. The summed E-state index contributed by atoms with van der Waals surface area (Å²) in [6, 6.07) is 2.70. The minimum Gasteiger partial charge on any atom is -0.477 e. The van der Waals surface area contributed by atoms with Crippen LogP contribution in [-0.2, 0) is 0 Å². The topological polar surface area (TPSA) is 64.3 Å². The summed E-state index contributed by atoms with van der Waals surface area (Å²) in [6.07, 6.45) is 4.06. The summed E-state index contributed by atoms with van der Waals surface area (Å²) in [5.41, 5.74) is 1.00. The van der Waals surface area contributed by atoms with Crippen molar-refractivity contribution in [2.24, 2.45) is 11.8 Å². The molecule has 6 nitrogen and oxygen atoms in total. The lowest BCUT2D eigenvalue weighted by atomic mass is 9.96. The first-order valence-electron chi connectivity index (χ1n) is 7.77. The van der Waals surface area contributed by atoms with Gasteiger partial charge in [-0.25, -0.2) is 4.98 Å². The molecule has 0 amide bonds. The standard InChI is InChI=1S/C15H21N5O/c1-9(2)13-5-14(20-15(19-13)17-8-18-20)21-7-11-4-12-3-10(11)6-16-12/h5,8-12,16H,3-4,6-7H2,1-2H3/t10-,11-,12-/m1/s1. The van der Waals surface area contributed by atoms with Crippen molar-refractivity contribution in [3.05, 3.63) is 18.1 Å². The first-order valence-corrected chi connectivity index (χ1v) is 7.77. The molecule has 21 heavy (non-hydrogen) atoms. The van der Waals surface area contributed by atoms with Crippen molar-refractivity contribution in [2.45, 2.75) is 38.6 Å². The first kappa shape index (κ1) is 13.0. The second-order valence-corrected chi connectivity index (χ2v) is 6.55. The molecule has 3 heterocycles. The molecule has 112 valence electrons. The number of piperidine rings is 1. The third-order valence-electron chi connectivity index (χ3n) is 4.79. The van der Waals surface area contributed by atoms with E-state index < -0.39 is 0 Å². The fourth-order valence-electron chi connectivity index (χ4n) is 3.54. The van der Waals surface area contributed by atoms with Gasteiger partial charge in [-0.05, 0) is 37.1 Å². The van der Waals surface area contributed by atoms with E-state index in [0.717, 1.165) is 30.6 Å². The van der Waals surface area contributed by atoms with Crippen molar-refractivity contribution in [3.8, 4) is 5.88 Å². The van der Waals surface area contributed by atoms with Crippen molar-refractivity contribution >= 4 is 5.78 Å². The Kier molecular flexibility index (Phi) is 3.06. The Morgan fingerprint density at radius 1 is 1.43 bits per heavy atom. The van der Waals surface area contributed by atoms with Gasteiger partial charge < -0.3 is 10.1 Å². The zero-order valence-corrected chi connectivity index (χ0v) is 12.5. The number of fused-ring (bicyclic) bond motifs is 3. The monoisotopic (exact) mass is 287 g/mol. The predicted molar refractivity (Wildman–Crippen MR) is 78.4 cm³/mol. The van der Waals surface area contributed by atoms with Crippen LogP contribution in [-0.4, -0.2) is 38.8 Å². The molecule has 0 aromatic carbocycles. The van der Waals surface area contributed by atoms with Gasteiger partial charge in [0.2, 0.25) is 5.88 Å². The first-order chi connectivity index (χ1) is 10.2. The van der Waals surface area contributed by atoms with Gasteiger partial charge in [0.05, 0.1) is 12.3 Å². The molecular formula is C15H21N5O. The van der Waals surface area contributed by atoms with E-state index in [-0.39, 0.29) is 0 Å². The molecule has 1 saturated carbocycles. The van der Waals surface area contributed by atoms with E-state index >= 15 is 0 Å². The van der Waals surface area contributed by atoms with Gasteiger partial charge in [0.25, 0.3) is 5.78 Å². The molecule has 1 saturated heterocycles. The lowest BCUT2D eigenvalue weighted by Gasteiger charge is -2.22. The highest BCUT2D eigenvalue weighted by Crippen LogP contribution is 2.36. The molecule has 1 aliphatic heterocycles. The molecule has 0 radical (unpaired) electrons. The molecule has 4 rings (SSSR count). The van der Waals surface area contributed by atoms with E-state index in [1.54, 1.807) is 4.52 Å². The van der Waals surface area contributed by atoms with Gasteiger partial charge >= 0.3 is 0 Å². The molecule has 2 bridgehead atoms. The van der Waals surface area contributed by atoms with Gasteiger partial charge in [-0.15, -0.1) is 0 Å². The SMILES string of the molecule is CC(C)c1cc(OC[C@H]2C[C@H]3C[C@@H]2CN3)n2ncnc2n1. The second kappa shape index (κ2) is 4.94. The van der Waals surface area contributed by atoms with E-state index in [0.29, 0.717) is 23.7 Å². The van der Waals surface area contributed by atoms with E-state index in [1.165, 1.54) is 19.2 Å². The maximum absolute atomic E-state index is 6.10. The summed E-state index contributed by atoms with van der Waals surface area (Å²) in [4.78, 5) is 8.70. The fourth-order valence-corrected chi connectivity index (χ4v) is 3.54. The number of hydrogen-bond donors (Lipinski definition) is 1. The minimum atomic E-state index is 0.348. The Hall–Kier alpha value is -1.69. The number of rotatable bonds is 4. The van der Waals surface area contributed by atoms with Crippen LogP contribution in [0.5, 0.6) is 5.88 Å². The van der Waals surface area contributed by atoms with Crippen LogP contribution < -0.4 is 10.1 Å². The van der Waals surface area contributed by atoms with Crippen molar-refractivity contribution < 1.29 is 4.74 Å². The van der Waals surface area contributed by atoms with Crippen LogP contribution in [0.15, 0.2) is 12.4 Å². The summed E-state index contributed by atoms with van der Waals surface area (Å²) in [5.74, 6) is 3.15. The molecule has 2 aromatic heterocycles. The third-order valence-corrected chi connectivity index (χ3v) is 4.79. The molecule has 2 fully saturated rings. The molecule has 1 N–H and O–H groups in total. The van der Waals surface area contributed by atoms with Crippen molar-refractivity contribution in [1.82, 2.24) is 24.9 Å². The minimum absolute atomic E-state index is 0.348. The fraction of sp³-hybridized carbons (Fsp3) is 0.667. The number of nitrogens with zero attached hydrogens (tertiary/aromatic N) is 4. The van der Waals surface area contributed by atoms with Crippen LogP contribution in [0.25, 0.3) is 5.78 Å². The Morgan fingerprint density at radius 3 is 3.05 bits per heavy atom. The molecule has 0 spiro atoms. The average molecular weight is 287 g/mol. The van der Waals surface area contributed by atoms with Crippen LogP contribution in [0.1, 0.15) is 38.3 Å². The molecular weight excluding hydrogens is 266 g/mol. The number of hydrogen-bond acceptors (Lipinski definition) is 5. The van der Waals surface area contributed by atoms with E-state index in [2.05, 4.69) is 34.2 Å². The van der Waals surface area contributed by atoms with Crippen LogP contribution in [0, 0.1) is 11.8 Å². The summed E-state index contributed by atoms with van der Waals surface area (Å²) in [6.45, 7) is 6.16. The lowest BCUT2D eigenvalue weighted by Crippen LogP contribution is -2.32. The van der Waals surface area contributed by atoms with Gasteiger partial charge in [0.1, 0.15) is 6.33 Å². The largest absolute Gasteiger partial charge is 0.477 e. The lowest BCUT2D eigenvalue weighted by molar-refractivity contribution is 0.192. The van der Waals surface area contributed by atoms with Crippen LogP contribution in [0.4, 0.5) is 0 Å². The summed E-state index contributed by atoms with van der Waals surface area (Å²) in [5, 5.41) is 7.76. The molecule has 2 aliphatic rings. The quantitative estimate of drug-likeness (QED) is 0.926. The Bertz CT molecular complexity index is 653. The van der Waals surface area contributed by atoms with Crippen molar-refractivity contribution in [1.29, 1.82) is 0 Å². The van der Waals surface area contributed by atoms with Gasteiger partial charge in [0.15, 0.2) is 0 Å². The summed E-state index contributed by atoms with van der Waals surface area (Å²) >= 11 is 0. The highest BCUT2D eigenvalue weighted by molar-refractivity contribution is 5.34. The van der Waals surface area contributed by atoms with Crippen LogP contribution >= 0.6 is 0 Å². The Morgan fingerprint density at radius 2 is 2.33 bits per heavy atom. The van der Waals surface area contributed by atoms with Crippen molar-refractivity contribution in [2.75, 3.05) is 13.2 Å². The Labute approximate surface area is 123 Å². The zero-order chi connectivity index (χ0) is 14.4. The van der Waals surface area contributed by atoms with Gasteiger partial charge in [0, 0.05) is 12.1 Å². The Balaban J connectivity index is 1.56. The number of ether oxygens (including phenoxy) is 1. The van der Waals surface area contributed by atoms with E-state index in [1.807, 2.05) is 6.07 Å². The maximum atomic E-state index is 6.10. The highest BCUT2D eigenvalue weighted by atomic mass is 16.5. The van der Waals surface area contributed by atoms with Crippen LogP contribution in [0.3, 0.4) is 0 Å². The van der Waals surface area contributed by atoms with Gasteiger partial charge in [-0.1, -0.05) is 13.8 Å². The predicted octanol–water partition coefficient (Wildman–Crippen LogP) is 1.62. The summed E-state index contributed by atoms with van der Waals surface area (Å²) in [7, 11) is 0. The van der Waals surface area contributed by atoms with Gasteiger partial charge in [-0.3, -0.25) is 0 Å². The number of aromatic nitrogens is 4.